The van der Waals surface area contributed by atoms with Gasteiger partial charge in [-0.25, -0.2) is 14.6 Å². The SMILES string of the molecule is CCOC(=O)c1csc(N(C)C(=O)[C@H](CC(C)C)NC(=O)OCc2ccccc2)n1. The summed E-state index contributed by atoms with van der Waals surface area (Å²) in [6, 6.07) is 8.50. The van der Waals surface area contributed by atoms with Crippen LogP contribution in [0.5, 0.6) is 0 Å². The first-order valence-corrected chi connectivity index (χ1v) is 10.6. The molecule has 30 heavy (non-hydrogen) atoms. The average molecular weight is 434 g/mol. The molecule has 0 unspecified atom stereocenters. The van der Waals surface area contributed by atoms with Gasteiger partial charge in [0.25, 0.3) is 5.91 Å². The predicted molar refractivity (Wildman–Crippen MR) is 114 cm³/mol. The second-order valence-electron chi connectivity index (χ2n) is 7.02. The number of amides is 2. The third kappa shape index (κ3) is 6.84. The lowest BCUT2D eigenvalue weighted by Crippen LogP contribution is -2.48. The topological polar surface area (TPSA) is 97.8 Å². The Balaban J connectivity index is 2.03. The minimum atomic E-state index is -0.784. The number of rotatable bonds is 9. The zero-order valence-electron chi connectivity index (χ0n) is 17.6. The van der Waals surface area contributed by atoms with Gasteiger partial charge in [0.2, 0.25) is 0 Å². The molecule has 2 amide bonds. The molecule has 0 spiro atoms. The molecule has 1 aromatic carbocycles. The summed E-state index contributed by atoms with van der Waals surface area (Å²) in [6.45, 7) is 5.98. The van der Waals surface area contributed by atoms with Gasteiger partial charge in [-0.3, -0.25) is 9.69 Å². The molecule has 0 fully saturated rings. The summed E-state index contributed by atoms with van der Waals surface area (Å²) in [7, 11) is 1.56. The van der Waals surface area contributed by atoms with E-state index in [0.717, 1.165) is 16.9 Å². The third-order valence-corrected chi connectivity index (χ3v) is 5.02. The van der Waals surface area contributed by atoms with Crippen LogP contribution < -0.4 is 10.2 Å². The summed E-state index contributed by atoms with van der Waals surface area (Å²) in [5.41, 5.74) is 0.998. The monoisotopic (exact) mass is 433 g/mol. The van der Waals surface area contributed by atoms with Crippen LogP contribution in [0.25, 0.3) is 0 Å². The number of alkyl carbamates (subject to hydrolysis) is 1. The molecule has 1 N–H and O–H groups in total. The Hall–Kier alpha value is -2.94. The van der Waals surface area contributed by atoms with E-state index in [4.69, 9.17) is 9.47 Å². The van der Waals surface area contributed by atoms with Crippen LogP contribution in [0.15, 0.2) is 35.7 Å². The Morgan fingerprint density at radius 1 is 1.17 bits per heavy atom. The number of aromatic nitrogens is 1. The van der Waals surface area contributed by atoms with Crippen LogP contribution in [0.2, 0.25) is 0 Å². The quantitative estimate of drug-likeness (QED) is 0.607. The molecule has 0 radical (unpaired) electrons. The number of thiazole rings is 1. The first kappa shape index (κ1) is 23.3. The van der Waals surface area contributed by atoms with E-state index in [1.165, 1.54) is 10.3 Å². The van der Waals surface area contributed by atoms with Crippen LogP contribution in [0.1, 0.15) is 43.2 Å². The van der Waals surface area contributed by atoms with Crippen LogP contribution in [0.4, 0.5) is 9.93 Å². The van der Waals surface area contributed by atoms with Crippen molar-refractivity contribution in [3.05, 3.63) is 47.0 Å². The summed E-state index contributed by atoms with van der Waals surface area (Å²) in [4.78, 5) is 42.6. The zero-order valence-corrected chi connectivity index (χ0v) is 18.4. The number of ether oxygens (including phenoxy) is 2. The van der Waals surface area contributed by atoms with Crippen molar-refractivity contribution in [2.45, 2.75) is 39.8 Å². The highest BCUT2D eigenvalue weighted by molar-refractivity contribution is 7.14. The predicted octanol–water partition coefficient (Wildman–Crippen LogP) is 3.62. The maximum absolute atomic E-state index is 13.0. The molecule has 1 atom stereocenters. The molecule has 162 valence electrons. The van der Waals surface area contributed by atoms with Gasteiger partial charge in [0.05, 0.1) is 6.61 Å². The van der Waals surface area contributed by atoms with Gasteiger partial charge in [-0.2, -0.15) is 0 Å². The summed E-state index contributed by atoms with van der Waals surface area (Å²) in [5, 5.41) is 4.53. The number of carbonyl (C=O) groups excluding carboxylic acids is 3. The Labute approximate surface area is 180 Å². The third-order valence-electron chi connectivity index (χ3n) is 4.10. The van der Waals surface area contributed by atoms with Crippen molar-refractivity contribution in [2.24, 2.45) is 5.92 Å². The van der Waals surface area contributed by atoms with Gasteiger partial charge < -0.3 is 14.8 Å². The Bertz CT molecular complexity index is 853. The van der Waals surface area contributed by atoms with E-state index < -0.39 is 18.1 Å². The summed E-state index contributed by atoms with van der Waals surface area (Å²) in [6.07, 6.45) is -0.239. The highest BCUT2D eigenvalue weighted by Gasteiger charge is 2.28. The Morgan fingerprint density at radius 2 is 1.87 bits per heavy atom. The van der Waals surface area contributed by atoms with Gasteiger partial charge in [0.1, 0.15) is 12.6 Å². The van der Waals surface area contributed by atoms with Gasteiger partial charge in [-0.1, -0.05) is 44.2 Å². The van der Waals surface area contributed by atoms with Crippen molar-refractivity contribution < 1.29 is 23.9 Å². The zero-order chi connectivity index (χ0) is 22.1. The molecule has 1 aromatic heterocycles. The van der Waals surface area contributed by atoms with E-state index in [9.17, 15) is 14.4 Å². The molecular weight excluding hydrogens is 406 g/mol. The molecule has 0 bridgehead atoms. The van der Waals surface area contributed by atoms with Gasteiger partial charge in [-0.15, -0.1) is 11.3 Å². The van der Waals surface area contributed by atoms with Crippen molar-refractivity contribution in [2.75, 3.05) is 18.6 Å². The van der Waals surface area contributed by atoms with E-state index >= 15 is 0 Å². The van der Waals surface area contributed by atoms with Gasteiger partial charge in [-0.05, 0) is 24.8 Å². The molecule has 0 aliphatic rings. The van der Waals surface area contributed by atoms with E-state index in [-0.39, 0.29) is 30.7 Å². The molecule has 1 heterocycles. The lowest BCUT2D eigenvalue weighted by atomic mass is 10.0. The number of esters is 1. The van der Waals surface area contributed by atoms with E-state index in [1.54, 1.807) is 14.0 Å². The molecule has 2 rings (SSSR count). The standard InChI is InChI=1S/C21H27N3O5S/c1-5-28-19(26)17-13-30-20(22-17)24(4)18(25)16(11-14(2)3)23-21(27)29-12-15-9-7-6-8-10-15/h6-10,13-14,16H,5,11-12H2,1-4H3,(H,23,27)/t16-/m0/s1. The molecule has 2 aromatic rings. The lowest BCUT2D eigenvalue weighted by Gasteiger charge is -2.24. The van der Waals surface area contributed by atoms with E-state index in [0.29, 0.717) is 11.6 Å². The first-order valence-electron chi connectivity index (χ1n) is 9.69. The first-order chi connectivity index (χ1) is 14.3. The smallest absolute Gasteiger partial charge is 0.408 e. The van der Waals surface area contributed by atoms with E-state index in [1.807, 2.05) is 44.2 Å². The maximum Gasteiger partial charge on any atom is 0.408 e. The van der Waals surface area contributed by atoms with Crippen molar-refractivity contribution in [3.8, 4) is 0 Å². The van der Waals surface area contributed by atoms with Gasteiger partial charge in [0, 0.05) is 12.4 Å². The summed E-state index contributed by atoms with van der Waals surface area (Å²) >= 11 is 1.15. The lowest BCUT2D eigenvalue weighted by molar-refractivity contribution is -0.120. The molecular formula is C21H27N3O5S. The summed E-state index contributed by atoms with van der Waals surface area (Å²) in [5.74, 6) is -0.722. The largest absolute Gasteiger partial charge is 0.461 e. The highest BCUT2D eigenvalue weighted by atomic mass is 32.1. The van der Waals surface area contributed by atoms with Crippen LogP contribution in [0.3, 0.4) is 0 Å². The van der Waals surface area contributed by atoms with Crippen LogP contribution in [0, 0.1) is 5.92 Å². The minimum absolute atomic E-state index is 0.112. The van der Waals surface area contributed by atoms with Crippen LogP contribution in [-0.2, 0) is 20.9 Å². The highest BCUT2D eigenvalue weighted by Crippen LogP contribution is 2.21. The average Bonchev–Trinajstić information content (AvgIpc) is 3.22. The number of nitrogens with one attached hydrogen (secondary N) is 1. The second-order valence-corrected chi connectivity index (χ2v) is 7.86. The molecule has 0 saturated heterocycles. The Kier molecular flexibility index (Phi) is 8.79. The number of hydrogen-bond donors (Lipinski definition) is 1. The van der Waals surface area contributed by atoms with Gasteiger partial charge >= 0.3 is 12.1 Å². The van der Waals surface area contributed by atoms with Gasteiger partial charge in [0.15, 0.2) is 10.8 Å². The minimum Gasteiger partial charge on any atom is -0.461 e. The van der Waals surface area contributed by atoms with Crippen molar-refractivity contribution >= 4 is 34.4 Å². The number of hydrogen-bond acceptors (Lipinski definition) is 7. The maximum atomic E-state index is 13.0. The fourth-order valence-electron chi connectivity index (χ4n) is 2.65. The fraction of sp³-hybridized carbons (Fsp3) is 0.429. The number of nitrogens with zero attached hydrogens (tertiary/aromatic N) is 2. The Morgan fingerprint density at radius 3 is 2.50 bits per heavy atom. The van der Waals surface area contributed by atoms with E-state index in [2.05, 4.69) is 10.3 Å². The molecule has 0 aliphatic heterocycles. The molecule has 8 nitrogen and oxygen atoms in total. The second kappa shape index (κ2) is 11.3. The summed E-state index contributed by atoms with van der Waals surface area (Å²) < 4.78 is 10.2. The molecule has 9 heteroatoms. The number of benzene rings is 1. The van der Waals surface area contributed by atoms with Crippen molar-refractivity contribution in [3.63, 3.8) is 0 Å². The van der Waals surface area contributed by atoms with Crippen molar-refractivity contribution in [1.82, 2.24) is 10.3 Å². The van der Waals surface area contributed by atoms with Crippen LogP contribution in [-0.4, -0.2) is 42.7 Å². The fourth-order valence-corrected chi connectivity index (χ4v) is 3.41. The molecule has 0 aliphatic carbocycles. The molecule has 0 saturated carbocycles. The normalized spacial score (nSPS) is 11.6. The number of carbonyl (C=O) groups is 3. The van der Waals surface area contributed by atoms with Crippen LogP contribution >= 0.6 is 11.3 Å². The number of anilines is 1. The van der Waals surface area contributed by atoms with Crippen molar-refractivity contribution in [1.29, 1.82) is 0 Å². The number of likely N-dealkylation sites (N-methyl/N-ethyl adjacent to an activating group) is 1.